The normalized spacial score (nSPS) is 19.7. The van der Waals surface area contributed by atoms with Gasteiger partial charge in [0.25, 0.3) is 0 Å². The second-order valence-electron chi connectivity index (χ2n) is 7.42. The molecule has 136 valence electrons. The molecule has 1 unspecified atom stereocenters. The third-order valence-electron chi connectivity index (χ3n) is 5.85. The van der Waals surface area contributed by atoms with Gasteiger partial charge in [-0.1, -0.05) is 6.08 Å². The quantitative estimate of drug-likeness (QED) is 0.703. The number of hydrogen-bond acceptors (Lipinski definition) is 2. The summed E-state index contributed by atoms with van der Waals surface area (Å²) in [7, 11) is 0. The third-order valence-corrected chi connectivity index (χ3v) is 5.85. The van der Waals surface area contributed by atoms with E-state index >= 15 is 0 Å². The molecular weight excluding hydrogens is 337 g/mol. The maximum Gasteiger partial charge on any atom is 0.123 e. The number of halogens is 1. The third kappa shape index (κ3) is 3.00. The van der Waals surface area contributed by atoms with Crippen LogP contribution in [0.15, 0.2) is 61.1 Å². The molecule has 5 rings (SSSR count). The van der Waals surface area contributed by atoms with Crippen LogP contribution in [0.2, 0.25) is 0 Å². The monoisotopic (exact) mass is 359 g/mol. The molecule has 3 nitrogen and oxygen atoms in total. The summed E-state index contributed by atoms with van der Waals surface area (Å²) in [6, 6.07) is 11.5. The second kappa shape index (κ2) is 6.78. The van der Waals surface area contributed by atoms with E-state index in [-0.39, 0.29) is 5.82 Å². The van der Waals surface area contributed by atoms with Crippen molar-refractivity contribution in [2.24, 2.45) is 0 Å². The Labute approximate surface area is 158 Å². The van der Waals surface area contributed by atoms with Crippen LogP contribution < -0.4 is 0 Å². The Kier molecular flexibility index (Phi) is 4.13. The molecular formula is C23H22FN3. The molecule has 1 fully saturated rings. The van der Waals surface area contributed by atoms with Crippen LogP contribution in [0.3, 0.4) is 0 Å². The number of H-pyrrole nitrogens is 1. The molecule has 0 bridgehead atoms. The standard InChI is InChI=1S/C23H22FN3/c24-19-5-3-17(4-6-19)23-22(16-7-10-25-11-8-16)21(15-26-23)18-9-13-27-12-1-2-20(27)14-18/h3-11,15,20,26H,1-2,12-14H2. The summed E-state index contributed by atoms with van der Waals surface area (Å²) in [6.07, 6.45) is 11.8. The Morgan fingerprint density at radius 3 is 2.67 bits per heavy atom. The highest BCUT2D eigenvalue weighted by molar-refractivity contribution is 5.91. The molecule has 0 saturated carbocycles. The summed E-state index contributed by atoms with van der Waals surface area (Å²) in [5, 5.41) is 0. The van der Waals surface area contributed by atoms with Crippen LogP contribution in [0.5, 0.6) is 0 Å². The smallest absolute Gasteiger partial charge is 0.123 e. The highest BCUT2D eigenvalue weighted by Crippen LogP contribution is 2.41. The predicted octanol–water partition coefficient (Wildman–Crippen LogP) is 5.13. The van der Waals surface area contributed by atoms with E-state index in [4.69, 9.17) is 0 Å². The fraction of sp³-hybridized carbons (Fsp3) is 0.261. The maximum absolute atomic E-state index is 13.4. The molecule has 4 heterocycles. The van der Waals surface area contributed by atoms with Gasteiger partial charge < -0.3 is 4.98 Å². The first-order valence-electron chi connectivity index (χ1n) is 9.61. The molecule has 1 N–H and O–H groups in total. The van der Waals surface area contributed by atoms with Crippen molar-refractivity contribution in [1.82, 2.24) is 14.9 Å². The lowest BCUT2D eigenvalue weighted by atomic mass is 9.89. The van der Waals surface area contributed by atoms with Gasteiger partial charge in [-0.25, -0.2) is 4.39 Å². The Morgan fingerprint density at radius 1 is 1.04 bits per heavy atom. The summed E-state index contributed by atoms with van der Waals surface area (Å²) in [4.78, 5) is 10.2. The van der Waals surface area contributed by atoms with Crippen LogP contribution in [-0.4, -0.2) is 34.0 Å². The van der Waals surface area contributed by atoms with Gasteiger partial charge >= 0.3 is 0 Å². The van der Waals surface area contributed by atoms with Gasteiger partial charge in [-0.3, -0.25) is 9.88 Å². The topological polar surface area (TPSA) is 31.9 Å². The van der Waals surface area contributed by atoms with Crippen LogP contribution in [-0.2, 0) is 0 Å². The molecule has 27 heavy (non-hydrogen) atoms. The van der Waals surface area contributed by atoms with Crippen LogP contribution in [0, 0.1) is 5.82 Å². The average molecular weight is 359 g/mol. The van der Waals surface area contributed by atoms with Crippen molar-refractivity contribution in [1.29, 1.82) is 0 Å². The zero-order valence-electron chi connectivity index (χ0n) is 15.2. The Bertz CT molecular complexity index is 973. The SMILES string of the molecule is Fc1ccc(-c2[nH]cc(C3=CCN4CCCC4C3)c2-c2ccncc2)cc1. The van der Waals surface area contributed by atoms with Crippen molar-refractivity contribution in [3.63, 3.8) is 0 Å². The van der Waals surface area contributed by atoms with Crippen LogP contribution in [0.25, 0.3) is 28.0 Å². The van der Waals surface area contributed by atoms with Crippen LogP contribution in [0.1, 0.15) is 24.8 Å². The summed E-state index contributed by atoms with van der Waals surface area (Å²) >= 11 is 0. The van der Waals surface area contributed by atoms with E-state index in [1.165, 1.54) is 48.2 Å². The Hall–Kier alpha value is -2.72. The number of pyridine rings is 1. The van der Waals surface area contributed by atoms with Crippen molar-refractivity contribution >= 4 is 5.57 Å². The first-order valence-corrected chi connectivity index (χ1v) is 9.61. The molecule has 0 spiro atoms. The number of rotatable bonds is 3. The Morgan fingerprint density at radius 2 is 1.85 bits per heavy atom. The van der Waals surface area contributed by atoms with Gasteiger partial charge in [0.05, 0.1) is 5.69 Å². The van der Waals surface area contributed by atoms with E-state index in [0.29, 0.717) is 6.04 Å². The Balaban J connectivity index is 1.63. The highest BCUT2D eigenvalue weighted by atomic mass is 19.1. The van der Waals surface area contributed by atoms with E-state index in [9.17, 15) is 4.39 Å². The number of nitrogens with one attached hydrogen (secondary N) is 1. The number of fused-ring (bicyclic) bond motifs is 1. The lowest BCUT2D eigenvalue weighted by molar-refractivity contribution is 0.275. The highest BCUT2D eigenvalue weighted by Gasteiger charge is 2.29. The minimum Gasteiger partial charge on any atom is -0.360 e. The lowest BCUT2D eigenvalue weighted by Gasteiger charge is -2.29. The molecule has 0 aliphatic carbocycles. The lowest BCUT2D eigenvalue weighted by Crippen LogP contribution is -2.32. The van der Waals surface area contributed by atoms with Crippen LogP contribution >= 0.6 is 0 Å². The summed E-state index contributed by atoms with van der Waals surface area (Å²) < 4.78 is 13.4. The first-order chi connectivity index (χ1) is 13.3. The van der Waals surface area contributed by atoms with Crippen molar-refractivity contribution < 1.29 is 4.39 Å². The number of aromatic amines is 1. The van der Waals surface area contributed by atoms with Crippen molar-refractivity contribution in [3.05, 3.63) is 72.4 Å². The largest absolute Gasteiger partial charge is 0.360 e. The van der Waals surface area contributed by atoms with E-state index in [2.05, 4.69) is 27.1 Å². The molecule has 0 radical (unpaired) electrons. The van der Waals surface area contributed by atoms with Gasteiger partial charge in [0.1, 0.15) is 5.82 Å². The number of hydrogen-bond donors (Lipinski definition) is 1. The molecule has 3 aromatic rings. The molecule has 1 saturated heterocycles. The predicted molar refractivity (Wildman–Crippen MR) is 107 cm³/mol. The van der Waals surface area contributed by atoms with Gasteiger partial charge in [0, 0.05) is 42.3 Å². The van der Waals surface area contributed by atoms with E-state index < -0.39 is 0 Å². The van der Waals surface area contributed by atoms with Gasteiger partial charge in [0.15, 0.2) is 0 Å². The van der Waals surface area contributed by atoms with Crippen molar-refractivity contribution in [2.75, 3.05) is 13.1 Å². The van der Waals surface area contributed by atoms with Gasteiger partial charge in [-0.05, 0) is 78.9 Å². The number of nitrogens with zero attached hydrogens (tertiary/aromatic N) is 2. The van der Waals surface area contributed by atoms with E-state index in [1.54, 1.807) is 0 Å². The second-order valence-corrected chi connectivity index (χ2v) is 7.42. The summed E-state index contributed by atoms with van der Waals surface area (Å²) in [5.74, 6) is -0.215. The fourth-order valence-corrected chi connectivity index (χ4v) is 4.49. The fourth-order valence-electron chi connectivity index (χ4n) is 4.49. The van der Waals surface area contributed by atoms with Crippen LogP contribution in [0.4, 0.5) is 4.39 Å². The molecule has 4 heteroatoms. The minimum absolute atomic E-state index is 0.215. The zero-order chi connectivity index (χ0) is 18.2. The van der Waals surface area contributed by atoms with Crippen molar-refractivity contribution in [2.45, 2.75) is 25.3 Å². The molecule has 0 amide bonds. The van der Waals surface area contributed by atoms with Crippen molar-refractivity contribution in [3.8, 4) is 22.4 Å². The molecule has 2 aliphatic heterocycles. The van der Waals surface area contributed by atoms with E-state index in [0.717, 1.165) is 29.8 Å². The number of aromatic nitrogens is 2. The number of benzene rings is 1. The summed E-state index contributed by atoms with van der Waals surface area (Å²) in [6.45, 7) is 2.26. The molecule has 2 aliphatic rings. The summed E-state index contributed by atoms with van der Waals surface area (Å²) in [5.41, 5.74) is 7.01. The molecule has 1 aromatic carbocycles. The van der Waals surface area contributed by atoms with Gasteiger partial charge in [-0.15, -0.1) is 0 Å². The zero-order valence-corrected chi connectivity index (χ0v) is 15.2. The maximum atomic E-state index is 13.4. The van der Waals surface area contributed by atoms with Gasteiger partial charge in [0.2, 0.25) is 0 Å². The molecule has 2 aromatic heterocycles. The van der Waals surface area contributed by atoms with E-state index in [1.807, 2.05) is 36.7 Å². The van der Waals surface area contributed by atoms with Gasteiger partial charge in [-0.2, -0.15) is 0 Å². The minimum atomic E-state index is -0.215. The average Bonchev–Trinajstić information content (AvgIpc) is 3.35. The molecule has 1 atom stereocenters. The first kappa shape index (κ1) is 16.5.